The summed E-state index contributed by atoms with van der Waals surface area (Å²) < 4.78 is 0. The molecule has 88 valence electrons. The third-order valence-corrected chi connectivity index (χ3v) is 2.78. The van der Waals surface area contributed by atoms with E-state index in [1.807, 2.05) is 12.2 Å². The SMILES string of the molecule is Cc1ccc(/C=C/C2=NN(C)C(=O)CC2)cc1. The first kappa shape index (κ1) is 11.6. The number of carbonyl (C=O) groups is 1. The second kappa shape index (κ2) is 4.95. The van der Waals surface area contributed by atoms with Gasteiger partial charge in [-0.1, -0.05) is 35.9 Å². The summed E-state index contributed by atoms with van der Waals surface area (Å²) in [5.41, 5.74) is 3.35. The van der Waals surface area contributed by atoms with E-state index in [0.29, 0.717) is 6.42 Å². The Hall–Kier alpha value is -1.90. The molecule has 3 heteroatoms. The predicted octanol–water partition coefficient (Wildman–Crippen LogP) is 2.62. The maximum atomic E-state index is 11.2. The van der Waals surface area contributed by atoms with Gasteiger partial charge in [-0.15, -0.1) is 0 Å². The van der Waals surface area contributed by atoms with Gasteiger partial charge in [0.15, 0.2) is 0 Å². The van der Waals surface area contributed by atoms with E-state index in [9.17, 15) is 4.79 Å². The molecule has 1 aliphatic rings. The van der Waals surface area contributed by atoms with Gasteiger partial charge in [-0.2, -0.15) is 5.10 Å². The molecule has 17 heavy (non-hydrogen) atoms. The van der Waals surface area contributed by atoms with Gasteiger partial charge in [-0.25, -0.2) is 5.01 Å². The molecular formula is C14H16N2O. The average Bonchev–Trinajstić information content (AvgIpc) is 2.33. The number of aryl methyl sites for hydroxylation is 1. The van der Waals surface area contributed by atoms with Crippen LogP contribution in [0, 0.1) is 6.92 Å². The summed E-state index contributed by atoms with van der Waals surface area (Å²) in [5, 5.41) is 5.62. The topological polar surface area (TPSA) is 32.7 Å². The third-order valence-electron chi connectivity index (χ3n) is 2.78. The van der Waals surface area contributed by atoms with E-state index in [1.54, 1.807) is 7.05 Å². The first-order valence-corrected chi connectivity index (χ1v) is 5.74. The molecule has 1 aromatic carbocycles. The van der Waals surface area contributed by atoms with Crippen LogP contribution in [0.4, 0.5) is 0 Å². The molecule has 0 unspecified atom stereocenters. The molecule has 0 saturated carbocycles. The van der Waals surface area contributed by atoms with E-state index in [2.05, 4.69) is 36.3 Å². The summed E-state index contributed by atoms with van der Waals surface area (Å²) >= 11 is 0. The largest absolute Gasteiger partial charge is 0.273 e. The molecule has 0 bridgehead atoms. The number of carbonyl (C=O) groups excluding carboxylic acids is 1. The monoisotopic (exact) mass is 228 g/mol. The van der Waals surface area contributed by atoms with Crippen molar-refractivity contribution in [1.29, 1.82) is 0 Å². The summed E-state index contributed by atoms with van der Waals surface area (Å²) in [7, 11) is 1.70. The Kier molecular flexibility index (Phi) is 3.38. The standard InChI is InChI=1S/C14H16N2O/c1-11-3-5-12(6-4-11)7-8-13-9-10-14(17)16(2)15-13/h3-8H,9-10H2,1-2H3/b8-7+. The minimum Gasteiger partial charge on any atom is -0.273 e. The van der Waals surface area contributed by atoms with Crippen LogP contribution >= 0.6 is 0 Å². The highest BCUT2D eigenvalue weighted by atomic mass is 16.2. The molecule has 1 aromatic rings. The summed E-state index contributed by atoms with van der Waals surface area (Å²) in [6, 6.07) is 8.31. The Bertz CT molecular complexity index is 472. The van der Waals surface area contributed by atoms with Gasteiger partial charge < -0.3 is 0 Å². The van der Waals surface area contributed by atoms with Crippen molar-refractivity contribution in [2.45, 2.75) is 19.8 Å². The zero-order chi connectivity index (χ0) is 12.3. The molecule has 0 radical (unpaired) electrons. The molecule has 1 amide bonds. The van der Waals surface area contributed by atoms with Crippen molar-refractivity contribution in [3.05, 3.63) is 41.5 Å². The number of hydrogen-bond donors (Lipinski definition) is 0. The molecule has 0 fully saturated rings. The second-order valence-electron chi connectivity index (χ2n) is 4.25. The fraction of sp³-hybridized carbons (Fsp3) is 0.286. The number of rotatable bonds is 2. The van der Waals surface area contributed by atoms with Gasteiger partial charge in [0.2, 0.25) is 5.91 Å². The number of benzene rings is 1. The smallest absolute Gasteiger partial charge is 0.242 e. The maximum Gasteiger partial charge on any atom is 0.242 e. The summed E-state index contributed by atoms with van der Waals surface area (Å²) in [5.74, 6) is 0.0810. The number of hydrazone groups is 1. The van der Waals surface area contributed by atoms with Crippen molar-refractivity contribution in [2.75, 3.05) is 7.05 Å². The van der Waals surface area contributed by atoms with Crippen molar-refractivity contribution >= 4 is 17.7 Å². The predicted molar refractivity (Wildman–Crippen MR) is 69.7 cm³/mol. The Labute approximate surface area is 101 Å². The number of hydrogen-bond acceptors (Lipinski definition) is 2. The highest BCUT2D eigenvalue weighted by Gasteiger charge is 2.14. The summed E-state index contributed by atoms with van der Waals surface area (Å²) in [6.45, 7) is 2.07. The molecule has 1 aliphatic heterocycles. The fourth-order valence-electron chi connectivity index (χ4n) is 1.68. The summed E-state index contributed by atoms with van der Waals surface area (Å²) in [6.07, 6.45) is 5.29. The van der Waals surface area contributed by atoms with Crippen LogP contribution in [0.2, 0.25) is 0 Å². The Morgan fingerprint density at radius 2 is 1.88 bits per heavy atom. The number of allylic oxidation sites excluding steroid dienone is 1. The van der Waals surface area contributed by atoms with E-state index in [4.69, 9.17) is 0 Å². The fourth-order valence-corrected chi connectivity index (χ4v) is 1.68. The molecular weight excluding hydrogens is 212 g/mol. The second-order valence-corrected chi connectivity index (χ2v) is 4.25. The van der Waals surface area contributed by atoms with E-state index >= 15 is 0 Å². The van der Waals surface area contributed by atoms with E-state index < -0.39 is 0 Å². The molecule has 1 heterocycles. The van der Waals surface area contributed by atoms with Crippen LogP contribution < -0.4 is 0 Å². The van der Waals surface area contributed by atoms with Crippen LogP contribution in [-0.4, -0.2) is 23.7 Å². The molecule has 0 N–H and O–H groups in total. The minimum absolute atomic E-state index is 0.0810. The van der Waals surface area contributed by atoms with Crippen LogP contribution in [0.1, 0.15) is 24.0 Å². The van der Waals surface area contributed by atoms with Crippen LogP contribution in [0.5, 0.6) is 0 Å². The number of nitrogens with zero attached hydrogens (tertiary/aromatic N) is 2. The normalized spacial score (nSPS) is 16.5. The molecule has 0 saturated heterocycles. The first-order valence-electron chi connectivity index (χ1n) is 5.74. The molecule has 0 aliphatic carbocycles. The van der Waals surface area contributed by atoms with Gasteiger partial charge in [0, 0.05) is 19.9 Å². The van der Waals surface area contributed by atoms with Crippen molar-refractivity contribution in [1.82, 2.24) is 5.01 Å². The maximum absolute atomic E-state index is 11.2. The third kappa shape index (κ3) is 3.03. The van der Waals surface area contributed by atoms with Gasteiger partial charge in [0.25, 0.3) is 0 Å². The van der Waals surface area contributed by atoms with Gasteiger partial charge in [-0.3, -0.25) is 4.79 Å². The van der Waals surface area contributed by atoms with Crippen molar-refractivity contribution < 1.29 is 4.79 Å². The van der Waals surface area contributed by atoms with E-state index in [1.165, 1.54) is 10.6 Å². The van der Waals surface area contributed by atoms with Gasteiger partial charge in [-0.05, 0) is 18.6 Å². The van der Waals surface area contributed by atoms with Gasteiger partial charge >= 0.3 is 0 Å². The molecule has 0 aromatic heterocycles. The van der Waals surface area contributed by atoms with Gasteiger partial charge in [0.1, 0.15) is 0 Å². The Balaban J connectivity index is 2.08. The van der Waals surface area contributed by atoms with E-state index in [-0.39, 0.29) is 5.91 Å². The minimum atomic E-state index is 0.0810. The Morgan fingerprint density at radius 3 is 2.53 bits per heavy atom. The van der Waals surface area contributed by atoms with Crippen LogP contribution in [0.15, 0.2) is 35.4 Å². The van der Waals surface area contributed by atoms with Crippen molar-refractivity contribution in [3.63, 3.8) is 0 Å². The quantitative estimate of drug-likeness (QED) is 0.765. The zero-order valence-corrected chi connectivity index (χ0v) is 10.2. The zero-order valence-electron chi connectivity index (χ0n) is 10.2. The highest BCUT2D eigenvalue weighted by Crippen LogP contribution is 2.10. The van der Waals surface area contributed by atoms with Crippen LogP contribution in [-0.2, 0) is 4.79 Å². The molecule has 3 nitrogen and oxygen atoms in total. The average molecular weight is 228 g/mol. The molecule has 0 atom stereocenters. The Morgan fingerprint density at radius 1 is 1.18 bits per heavy atom. The molecule has 0 spiro atoms. The van der Waals surface area contributed by atoms with E-state index in [0.717, 1.165) is 17.7 Å². The lowest BCUT2D eigenvalue weighted by Gasteiger charge is -2.17. The first-order chi connectivity index (χ1) is 8.15. The van der Waals surface area contributed by atoms with Crippen LogP contribution in [0.3, 0.4) is 0 Å². The van der Waals surface area contributed by atoms with Gasteiger partial charge in [0.05, 0.1) is 5.71 Å². The summed E-state index contributed by atoms with van der Waals surface area (Å²) in [4.78, 5) is 11.2. The van der Waals surface area contributed by atoms with Crippen LogP contribution in [0.25, 0.3) is 6.08 Å². The highest BCUT2D eigenvalue weighted by molar-refractivity contribution is 6.02. The van der Waals surface area contributed by atoms with Crippen molar-refractivity contribution in [2.24, 2.45) is 5.10 Å². The molecule has 2 rings (SSSR count). The lowest BCUT2D eigenvalue weighted by atomic mass is 10.1. The lowest BCUT2D eigenvalue weighted by molar-refractivity contribution is -0.130. The lowest BCUT2D eigenvalue weighted by Crippen LogP contribution is -2.27. The number of amides is 1. The van der Waals surface area contributed by atoms with Crippen molar-refractivity contribution in [3.8, 4) is 0 Å².